The maximum atomic E-state index is 5.02. The highest BCUT2D eigenvalue weighted by atomic mass is 16.5. The monoisotopic (exact) mass is 238 g/mol. The topological polar surface area (TPSA) is 54.2 Å². The normalized spacial score (nSPS) is 30.7. The van der Waals surface area contributed by atoms with Crippen molar-refractivity contribution in [3.63, 3.8) is 0 Å². The number of piperazine rings is 1. The molecule has 2 rings (SSSR count). The second-order valence-electron chi connectivity index (χ2n) is 5.28. The molecule has 1 aromatic heterocycles. The van der Waals surface area contributed by atoms with Crippen LogP contribution in [0.25, 0.3) is 0 Å². The third-order valence-electron chi connectivity index (χ3n) is 3.69. The van der Waals surface area contributed by atoms with Gasteiger partial charge in [0.05, 0.1) is 6.54 Å². The molecule has 2 atom stereocenters. The standard InChI is InChI=1S/C12H22N4O/c1-5-12(4)8-16(9(2)6-13-12)7-11-14-10(3)17-15-11/h9,13H,5-8H2,1-4H3. The summed E-state index contributed by atoms with van der Waals surface area (Å²) in [4.78, 5) is 6.69. The van der Waals surface area contributed by atoms with Gasteiger partial charge in [-0.3, -0.25) is 4.90 Å². The smallest absolute Gasteiger partial charge is 0.223 e. The van der Waals surface area contributed by atoms with Crippen LogP contribution >= 0.6 is 0 Å². The van der Waals surface area contributed by atoms with Crippen LogP contribution in [0, 0.1) is 6.92 Å². The van der Waals surface area contributed by atoms with Crippen LogP contribution < -0.4 is 5.32 Å². The van der Waals surface area contributed by atoms with E-state index in [1.165, 1.54) is 0 Å². The predicted octanol–water partition coefficient (Wildman–Crippen LogP) is 1.34. The molecule has 17 heavy (non-hydrogen) atoms. The Labute approximate surface area is 103 Å². The maximum Gasteiger partial charge on any atom is 0.223 e. The molecule has 0 radical (unpaired) electrons. The van der Waals surface area contributed by atoms with Crippen LogP contribution in [-0.2, 0) is 6.54 Å². The number of hydrogen-bond donors (Lipinski definition) is 1. The third kappa shape index (κ3) is 2.84. The molecule has 1 N–H and O–H groups in total. The zero-order valence-electron chi connectivity index (χ0n) is 11.2. The fraction of sp³-hybridized carbons (Fsp3) is 0.833. The summed E-state index contributed by atoms with van der Waals surface area (Å²) in [5.74, 6) is 1.43. The molecule has 5 heteroatoms. The molecule has 2 unspecified atom stereocenters. The second kappa shape index (κ2) is 4.74. The van der Waals surface area contributed by atoms with Crippen LogP contribution in [0.3, 0.4) is 0 Å². The van der Waals surface area contributed by atoms with Crippen molar-refractivity contribution in [3.05, 3.63) is 11.7 Å². The Hall–Kier alpha value is -0.940. The summed E-state index contributed by atoms with van der Waals surface area (Å²) >= 11 is 0. The van der Waals surface area contributed by atoms with Crippen molar-refractivity contribution in [2.24, 2.45) is 0 Å². The molecule has 0 aromatic carbocycles. The van der Waals surface area contributed by atoms with E-state index in [1.54, 1.807) is 0 Å². The highest BCUT2D eigenvalue weighted by molar-refractivity contribution is 4.95. The van der Waals surface area contributed by atoms with Crippen LogP contribution in [0.15, 0.2) is 4.52 Å². The van der Waals surface area contributed by atoms with E-state index >= 15 is 0 Å². The highest BCUT2D eigenvalue weighted by Crippen LogP contribution is 2.20. The molecule has 1 fully saturated rings. The van der Waals surface area contributed by atoms with Gasteiger partial charge in [0.25, 0.3) is 0 Å². The summed E-state index contributed by atoms with van der Waals surface area (Å²) in [5.41, 5.74) is 0.200. The van der Waals surface area contributed by atoms with E-state index in [2.05, 4.69) is 41.1 Å². The van der Waals surface area contributed by atoms with Crippen molar-refractivity contribution >= 4 is 0 Å². The van der Waals surface area contributed by atoms with Crippen LogP contribution in [0.4, 0.5) is 0 Å². The Morgan fingerprint density at radius 2 is 2.35 bits per heavy atom. The first-order valence-corrected chi connectivity index (χ1v) is 6.31. The average molecular weight is 238 g/mol. The van der Waals surface area contributed by atoms with Gasteiger partial charge in [0.1, 0.15) is 0 Å². The van der Waals surface area contributed by atoms with Crippen molar-refractivity contribution in [3.8, 4) is 0 Å². The summed E-state index contributed by atoms with van der Waals surface area (Å²) in [7, 11) is 0. The molecule has 0 bridgehead atoms. The SMILES string of the molecule is CCC1(C)CN(Cc2noc(C)n2)C(C)CN1. The Kier molecular flexibility index (Phi) is 3.49. The van der Waals surface area contributed by atoms with E-state index in [0.717, 1.165) is 31.9 Å². The van der Waals surface area contributed by atoms with E-state index in [-0.39, 0.29) is 5.54 Å². The fourth-order valence-corrected chi connectivity index (χ4v) is 2.22. The number of hydrogen-bond acceptors (Lipinski definition) is 5. The average Bonchev–Trinajstić information content (AvgIpc) is 2.70. The lowest BCUT2D eigenvalue weighted by atomic mass is 9.94. The summed E-state index contributed by atoms with van der Waals surface area (Å²) < 4.78 is 5.02. The quantitative estimate of drug-likeness (QED) is 0.861. The van der Waals surface area contributed by atoms with Crippen molar-refractivity contribution in [1.29, 1.82) is 0 Å². The Bertz CT molecular complexity index is 378. The number of aryl methyl sites for hydroxylation is 1. The summed E-state index contributed by atoms with van der Waals surface area (Å²) in [6, 6.07) is 0.508. The van der Waals surface area contributed by atoms with Gasteiger partial charge in [-0.15, -0.1) is 0 Å². The molecule has 2 heterocycles. The Morgan fingerprint density at radius 3 is 2.94 bits per heavy atom. The number of aromatic nitrogens is 2. The third-order valence-corrected chi connectivity index (χ3v) is 3.69. The van der Waals surface area contributed by atoms with E-state index in [9.17, 15) is 0 Å². The second-order valence-corrected chi connectivity index (χ2v) is 5.28. The largest absolute Gasteiger partial charge is 0.340 e. The lowest BCUT2D eigenvalue weighted by Crippen LogP contribution is -2.61. The van der Waals surface area contributed by atoms with Gasteiger partial charge < -0.3 is 9.84 Å². The summed E-state index contributed by atoms with van der Waals surface area (Å²) in [6.45, 7) is 11.4. The molecule has 0 spiro atoms. The lowest BCUT2D eigenvalue weighted by molar-refractivity contribution is 0.0835. The Morgan fingerprint density at radius 1 is 1.59 bits per heavy atom. The molecule has 1 aromatic rings. The minimum atomic E-state index is 0.200. The van der Waals surface area contributed by atoms with Crippen LogP contribution in [0.2, 0.25) is 0 Å². The number of nitrogens with one attached hydrogen (secondary N) is 1. The Balaban J connectivity index is 2.03. The summed E-state index contributed by atoms with van der Waals surface area (Å²) in [5, 5.41) is 7.58. The minimum Gasteiger partial charge on any atom is -0.340 e. The summed E-state index contributed by atoms with van der Waals surface area (Å²) in [6.07, 6.45) is 1.13. The maximum absolute atomic E-state index is 5.02. The van der Waals surface area contributed by atoms with Gasteiger partial charge in [-0.1, -0.05) is 12.1 Å². The zero-order chi connectivity index (χ0) is 12.5. The van der Waals surface area contributed by atoms with Crippen LogP contribution in [-0.4, -0.2) is 39.7 Å². The first kappa shape index (κ1) is 12.5. The van der Waals surface area contributed by atoms with Gasteiger partial charge in [0.15, 0.2) is 5.82 Å². The predicted molar refractivity (Wildman–Crippen MR) is 65.6 cm³/mol. The van der Waals surface area contributed by atoms with E-state index in [0.29, 0.717) is 11.9 Å². The van der Waals surface area contributed by atoms with Gasteiger partial charge in [-0.2, -0.15) is 4.98 Å². The fourth-order valence-electron chi connectivity index (χ4n) is 2.22. The molecule has 96 valence electrons. The van der Waals surface area contributed by atoms with Crippen molar-refractivity contribution < 1.29 is 4.52 Å². The molecule has 1 saturated heterocycles. The van der Waals surface area contributed by atoms with Crippen LogP contribution in [0.5, 0.6) is 0 Å². The molecular weight excluding hydrogens is 216 g/mol. The molecule has 0 saturated carbocycles. The van der Waals surface area contributed by atoms with Gasteiger partial charge in [0.2, 0.25) is 5.89 Å². The van der Waals surface area contributed by atoms with E-state index in [1.807, 2.05) is 6.92 Å². The van der Waals surface area contributed by atoms with Gasteiger partial charge >= 0.3 is 0 Å². The lowest BCUT2D eigenvalue weighted by Gasteiger charge is -2.44. The highest BCUT2D eigenvalue weighted by Gasteiger charge is 2.32. The molecule has 1 aliphatic rings. The van der Waals surface area contributed by atoms with Gasteiger partial charge in [-0.25, -0.2) is 0 Å². The number of rotatable bonds is 3. The molecule has 1 aliphatic heterocycles. The van der Waals surface area contributed by atoms with Crippen molar-refractivity contribution in [1.82, 2.24) is 20.4 Å². The molecular formula is C12H22N4O. The molecule has 5 nitrogen and oxygen atoms in total. The molecule has 0 aliphatic carbocycles. The molecule has 0 amide bonds. The van der Waals surface area contributed by atoms with Gasteiger partial charge in [0, 0.05) is 31.6 Å². The van der Waals surface area contributed by atoms with E-state index < -0.39 is 0 Å². The van der Waals surface area contributed by atoms with Crippen molar-refractivity contribution in [2.45, 2.75) is 52.2 Å². The first-order valence-electron chi connectivity index (χ1n) is 6.31. The van der Waals surface area contributed by atoms with Crippen molar-refractivity contribution in [2.75, 3.05) is 13.1 Å². The first-order chi connectivity index (χ1) is 8.02. The minimum absolute atomic E-state index is 0.200. The van der Waals surface area contributed by atoms with E-state index in [4.69, 9.17) is 4.52 Å². The van der Waals surface area contributed by atoms with Crippen LogP contribution in [0.1, 0.15) is 38.9 Å². The zero-order valence-corrected chi connectivity index (χ0v) is 11.2. The number of nitrogens with zero attached hydrogens (tertiary/aromatic N) is 3. The van der Waals surface area contributed by atoms with Gasteiger partial charge in [-0.05, 0) is 20.3 Å².